The Hall–Kier alpha value is -3.71. The van der Waals surface area contributed by atoms with Gasteiger partial charge in [0.15, 0.2) is 0 Å². The first-order valence-electron chi connectivity index (χ1n) is 9.15. The number of aromatic nitrogens is 3. The van der Waals surface area contributed by atoms with Crippen molar-refractivity contribution < 1.29 is 14.2 Å². The van der Waals surface area contributed by atoms with Gasteiger partial charge in [-0.1, -0.05) is 12.1 Å². The molecule has 0 amide bonds. The molecule has 0 saturated carbocycles. The van der Waals surface area contributed by atoms with E-state index in [9.17, 15) is 0 Å². The summed E-state index contributed by atoms with van der Waals surface area (Å²) in [5.74, 6) is 2.14. The number of nitrogens with zero attached hydrogens (tertiary/aromatic N) is 3. The first kappa shape index (κ1) is 18.6. The van der Waals surface area contributed by atoms with Gasteiger partial charge in [0.1, 0.15) is 23.9 Å². The predicted octanol–water partition coefficient (Wildman–Crippen LogP) is 4.59. The molecule has 1 N–H and O–H groups in total. The minimum absolute atomic E-state index is 0.306. The number of hydrogen-bond acceptors (Lipinski definition) is 7. The van der Waals surface area contributed by atoms with Crippen LogP contribution in [0.15, 0.2) is 73.1 Å². The number of rotatable bonds is 8. The zero-order chi connectivity index (χ0) is 19.9. The number of benzene rings is 2. The summed E-state index contributed by atoms with van der Waals surface area (Å²) in [6.45, 7) is 0.854. The van der Waals surface area contributed by atoms with E-state index in [4.69, 9.17) is 14.2 Å². The Labute approximate surface area is 168 Å². The van der Waals surface area contributed by atoms with Crippen LogP contribution in [-0.4, -0.2) is 35.3 Å². The van der Waals surface area contributed by atoms with Gasteiger partial charge in [0.05, 0.1) is 12.1 Å². The highest BCUT2D eigenvalue weighted by Crippen LogP contribution is 2.28. The van der Waals surface area contributed by atoms with Gasteiger partial charge in [0, 0.05) is 30.6 Å². The first-order chi connectivity index (χ1) is 14.3. The molecule has 0 aliphatic carbocycles. The second-order valence-electron chi connectivity index (χ2n) is 6.15. The number of ether oxygens (including phenoxy) is 3. The number of pyridine rings is 1. The Morgan fingerprint density at radius 2 is 1.59 bits per heavy atom. The summed E-state index contributed by atoms with van der Waals surface area (Å²) >= 11 is 0. The third-order valence-corrected chi connectivity index (χ3v) is 4.10. The fourth-order valence-electron chi connectivity index (χ4n) is 2.72. The molecule has 7 nitrogen and oxygen atoms in total. The maximum atomic E-state index is 5.80. The van der Waals surface area contributed by atoms with E-state index >= 15 is 0 Å². The molecule has 4 rings (SSSR count). The van der Waals surface area contributed by atoms with Crippen LogP contribution in [0.4, 0.5) is 11.5 Å². The summed E-state index contributed by atoms with van der Waals surface area (Å²) < 4.78 is 16.4. The quantitative estimate of drug-likeness (QED) is 0.442. The van der Waals surface area contributed by atoms with Crippen molar-refractivity contribution >= 4 is 22.4 Å². The topological polar surface area (TPSA) is 78.4 Å². The highest BCUT2D eigenvalue weighted by molar-refractivity contribution is 5.91. The molecule has 29 heavy (non-hydrogen) atoms. The van der Waals surface area contributed by atoms with Crippen molar-refractivity contribution in [1.82, 2.24) is 15.0 Å². The van der Waals surface area contributed by atoms with Crippen molar-refractivity contribution in [2.45, 2.75) is 0 Å². The molecule has 2 aromatic carbocycles. The number of para-hydroxylation sites is 1. The average Bonchev–Trinajstić information content (AvgIpc) is 2.76. The summed E-state index contributed by atoms with van der Waals surface area (Å²) in [6, 6.07) is 19.4. The summed E-state index contributed by atoms with van der Waals surface area (Å²) in [4.78, 5) is 13.0. The number of anilines is 2. The van der Waals surface area contributed by atoms with Crippen molar-refractivity contribution in [2.24, 2.45) is 0 Å². The van der Waals surface area contributed by atoms with Gasteiger partial charge in [-0.2, -0.15) is 9.97 Å². The summed E-state index contributed by atoms with van der Waals surface area (Å²) in [6.07, 6.45) is 3.38. The molecule has 0 aliphatic heterocycles. The van der Waals surface area contributed by atoms with E-state index in [-0.39, 0.29) is 0 Å². The molecule has 0 bridgehead atoms. The lowest BCUT2D eigenvalue weighted by atomic mass is 10.2. The molecule has 146 valence electrons. The van der Waals surface area contributed by atoms with Gasteiger partial charge in [0.2, 0.25) is 0 Å². The molecule has 0 saturated heterocycles. The number of nitrogens with one attached hydrogen (secondary N) is 1. The van der Waals surface area contributed by atoms with Gasteiger partial charge < -0.3 is 19.5 Å². The highest BCUT2D eigenvalue weighted by Gasteiger charge is 2.09. The third-order valence-electron chi connectivity index (χ3n) is 4.10. The Balaban J connectivity index is 1.54. The van der Waals surface area contributed by atoms with Crippen molar-refractivity contribution in [3.63, 3.8) is 0 Å². The third kappa shape index (κ3) is 4.77. The van der Waals surface area contributed by atoms with E-state index in [0.29, 0.717) is 25.0 Å². The Bertz CT molecular complexity index is 1070. The SMILES string of the molecule is COCCOc1nc(Nc2ccc(Oc3ccncc3)cc2)c2ccccc2n1. The van der Waals surface area contributed by atoms with Crippen molar-refractivity contribution in [2.75, 3.05) is 25.6 Å². The Morgan fingerprint density at radius 3 is 2.38 bits per heavy atom. The van der Waals surface area contributed by atoms with Gasteiger partial charge in [-0.05, 0) is 48.5 Å². The smallest absolute Gasteiger partial charge is 0.319 e. The molecule has 0 atom stereocenters. The van der Waals surface area contributed by atoms with Gasteiger partial charge >= 0.3 is 6.01 Å². The molecule has 0 aliphatic rings. The maximum Gasteiger partial charge on any atom is 0.319 e. The van der Waals surface area contributed by atoms with E-state index < -0.39 is 0 Å². The Morgan fingerprint density at radius 1 is 0.828 bits per heavy atom. The van der Waals surface area contributed by atoms with Crippen molar-refractivity contribution in [1.29, 1.82) is 0 Å². The van der Waals surface area contributed by atoms with Crippen LogP contribution in [0.1, 0.15) is 0 Å². The van der Waals surface area contributed by atoms with Crippen LogP contribution in [-0.2, 0) is 4.74 Å². The standard InChI is InChI=1S/C22H20N4O3/c1-27-14-15-28-22-25-20-5-3-2-4-19(20)21(26-22)24-16-6-8-17(9-7-16)29-18-10-12-23-13-11-18/h2-13H,14-15H2,1H3,(H,24,25,26). The zero-order valence-corrected chi connectivity index (χ0v) is 15.9. The van der Waals surface area contributed by atoms with Gasteiger partial charge in [0.25, 0.3) is 0 Å². The molecular formula is C22H20N4O3. The highest BCUT2D eigenvalue weighted by atomic mass is 16.5. The van der Waals surface area contributed by atoms with Gasteiger partial charge in [-0.3, -0.25) is 4.98 Å². The molecule has 0 radical (unpaired) electrons. The average molecular weight is 388 g/mol. The van der Waals surface area contributed by atoms with Crippen LogP contribution < -0.4 is 14.8 Å². The lowest BCUT2D eigenvalue weighted by molar-refractivity contribution is 0.141. The lowest BCUT2D eigenvalue weighted by Crippen LogP contribution is -2.08. The summed E-state index contributed by atoms with van der Waals surface area (Å²) in [7, 11) is 1.62. The van der Waals surface area contributed by atoms with E-state index in [1.165, 1.54) is 0 Å². The van der Waals surface area contributed by atoms with Crippen LogP contribution in [0.25, 0.3) is 10.9 Å². The number of fused-ring (bicyclic) bond motifs is 1. The Kier molecular flexibility index (Phi) is 5.78. The molecule has 0 fully saturated rings. The van der Waals surface area contributed by atoms with Crippen LogP contribution in [0, 0.1) is 0 Å². The second-order valence-corrected chi connectivity index (χ2v) is 6.15. The van der Waals surface area contributed by atoms with Gasteiger partial charge in [-0.15, -0.1) is 0 Å². The molecule has 0 unspecified atom stereocenters. The van der Waals surface area contributed by atoms with Crippen LogP contribution in [0.5, 0.6) is 17.5 Å². The lowest BCUT2D eigenvalue weighted by Gasteiger charge is -2.12. The molecule has 4 aromatic rings. The minimum atomic E-state index is 0.306. The molecule has 2 aromatic heterocycles. The molecule has 7 heteroatoms. The molecule has 0 spiro atoms. The molecular weight excluding hydrogens is 368 g/mol. The van der Waals surface area contributed by atoms with Gasteiger partial charge in [-0.25, -0.2) is 0 Å². The fourth-order valence-corrected chi connectivity index (χ4v) is 2.72. The normalized spacial score (nSPS) is 10.7. The van der Waals surface area contributed by atoms with Crippen molar-refractivity contribution in [3.8, 4) is 17.5 Å². The largest absolute Gasteiger partial charge is 0.461 e. The fraction of sp³-hybridized carbons (Fsp3) is 0.136. The van der Waals surface area contributed by atoms with E-state index in [0.717, 1.165) is 28.1 Å². The molecule has 2 heterocycles. The minimum Gasteiger partial charge on any atom is -0.461 e. The van der Waals surface area contributed by atoms with Crippen LogP contribution in [0.3, 0.4) is 0 Å². The zero-order valence-electron chi connectivity index (χ0n) is 15.9. The van der Waals surface area contributed by atoms with Crippen LogP contribution in [0.2, 0.25) is 0 Å². The second kappa shape index (κ2) is 8.99. The van der Waals surface area contributed by atoms with Crippen molar-refractivity contribution in [3.05, 3.63) is 73.1 Å². The van der Waals surface area contributed by atoms with E-state index in [1.807, 2.05) is 60.7 Å². The summed E-state index contributed by atoms with van der Waals surface area (Å²) in [5, 5.41) is 4.25. The van der Waals surface area contributed by atoms with Crippen LogP contribution >= 0.6 is 0 Å². The maximum absolute atomic E-state index is 5.80. The predicted molar refractivity (Wildman–Crippen MR) is 111 cm³/mol. The first-order valence-corrected chi connectivity index (χ1v) is 9.15. The van der Waals surface area contributed by atoms with E-state index in [1.54, 1.807) is 19.5 Å². The monoisotopic (exact) mass is 388 g/mol. The summed E-state index contributed by atoms with van der Waals surface area (Å²) in [5.41, 5.74) is 1.67. The number of hydrogen-bond donors (Lipinski definition) is 1. The van der Waals surface area contributed by atoms with E-state index in [2.05, 4.69) is 20.3 Å². The number of methoxy groups -OCH3 is 1.